The van der Waals surface area contributed by atoms with Crippen molar-refractivity contribution in [3.05, 3.63) is 0 Å². The quantitative estimate of drug-likeness (QED) is 0.688. The Morgan fingerprint density at radius 2 is 1.62 bits per heavy atom. The van der Waals surface area contributed by atoms with Crippen LogP contribution in [0.25, 0.3) is 0 Å². The molecule has 0 radical (unpaired) electrons. The molecule has 0 saturated carbocycles. The first kappa shape index (κ1) is 9.26. The van der Waals surface area contributed by atoms with Gasteiger partial charge in [0.2, 0.25) is 0 Å². The standard InChI is InChI=1S/C4H10N.2ClH.Zr/c1-3-5-4-2;;;/h3-4H2,1-2H3;2*1H;/q-1;;;+4/p-2. The Labute approximate surface area is 65.3 Å². The molecule has 0 rings (SSSR count). The summed E-state index contributed by atoms with van der Waals surface area (Å²) in [7, 11) is 11.5. The van der Waals surface area contributed by atoms with Crippen LogP contribution in [0.5, 0.6) is 0 Å². The van der Waals surface area contributed by atoms with E-state index in [4.69, 9.17) is 17.0 Å². The van der Waals surface area contributed by atoms with Crippen molar-refractivity contribution >= 4 is 17.0 Å². The number of hydrogen-bond acceptors (Lipinski definition) is 0. The van der Waals surface area contributed by atoms with E-state index in [1.807, 2.05) is 0 Å². The van der Waals surface area contributed by atoms with Gasteiger partial charge < -0.3 is 0 Å². The van der Waals surface area contributed by atoms with E-state index in [1.165, 1.54) is 0 Å². The van der Waals surface area contributed by atoms with Crippen LogP contribution in [0.2, 0.25) is 0 Å². The van der Waals surface area contributed by atoms with Crippen molar-refractivity contribution in [2.24, 2.45) is 0 Å². The first-order chi connectivity index (χ1) is 3.72. The van der Waals surface area contributed by atoms with Crippen molar-refractivity contribution in [1.29, 1.82) is 0 Å². The molecule has 0 aromatic carbocycles. The van der Waals surface area contributed by atoms with Crippen molar-refractivity contribution in [3.63, 3.8) is 0 Å². The molecule has 0 heterocycles. The van der Waals surface area contributed by atoms with E-state index < -0.39 is 19.2 Å². The summed E-state index contributed by atoms with van der Waals surface area (Å²) in [6.45, 7) is 6.15. The van der Waals surface area contributed by atoms with Gasteiger partial charge in [-0.05, 0) is 0 Å². The van der Waals surface area contributed by atoms with Gasteiger partial charge in [-0.3, -0.25) is 0 Å². The van der Waals surface area contributed by atoms with Crippen LogP contribution >= 0.6 is 17.0 Å². The van der Waals surface area contributed by atoms with Gasteiger partial charge >= 0.3 is 65.6 Å². The summed E-state index contributed by atoms with van der Waals surface area (Å²) in [5.74, 6) is 0. The van der Waals surface area contributed by atoms with Gasteiger partial charge in [0.25, 0.3) is 0 Å². The molecular weight excluding hydrogens is 224 g/mol. The Kier molecular flexibility index (Phi) is 5.88. The SMILES string of the molecule is CC[N+](CC)=[Zr]([Cl])[Cl]. The summed E-state index contributed by atoms with van der Waals surface area (Å²) in [5.41, 5.74) is 0. The summed E-state index contributed by atoms with van der Waals surface area (Å²) in [6.07, 6.45) is 0. The van der Waals surface area contributed by atoms with E-state index in [-0.39, 0.29) is 0 Å². The van der Waals surface area contributed by atoms with Crippen LogP contribution in [0.4, 0.5) is 0 Å². The van der Waals surface area contributed by atoms with E-state index in [9.17, 15) is 0 Å². The van der Waals surface area contributed by atoms with Crippen LogP contribution in [-0.2, 0) is 19.2 Å². The van der Waals surface area contributed by atoms with Crippen molar-refractivity contribution in [1.82, 2.24) is 0 Å². The van der Waals surface area contributed by atoms with Crippen LogP contribution in [0.15, 0.2) is 0 Å². The summed E-state index contributed by atoms with van der Waals surface area (Å²) < 4.78 is 2.14. The molecule has 0 amide bonds. The molecule has 0 aromatic heterocycles. The van der Waals surface area contributed by atoms with Gasteiger partial charge in [-0.25, -0.2) is 0 Å². The number of hydrogen-bond donors (Lipinski definition) is 0. The van der Waals surface area contributed by atoms with Crippen molar-refractivity contribution < 1.29 is 21.7 Å². The van der Waals surface area contributed by atoms with E-state index in [0.29, 0.717) is 0 Å². The average Bonchev–Trinajstić information content (AvgIpc) is 1.69. The zero-order valence-electron chi connectivity index (χ0n) is 5.12. The molecule has 0 N–H and O–H groups in total. The molecule has 0 aliphatic rings. The second-order valence-corrected chi connectivity index (χ2v) is 9.53. The molecule has 0 bridgehead atoms. The second-order valence-electron chi connectivity index (χ2n) is 1.41. The molecule has 4 heteroatoms. The van der Waals surface area contributed by atoms with Crippen LogP contribution in [-0.4, -0.2) is 15.5 Å². The van der Waals surface area contributed by atoms with Crippen LogP contribution in [0.3, 0.4) is 0 Å². The maximum atomic E-state index is 5.73. The molecule has 0 spiro atoms. The molecule has 0 aliphatic heterocycles. The Hall–Kier alpha value is 1.26. The third-order valence-corrected chi connectivity index (χ3v) is 6.56. The molecule has 0 atom stereocenters. The first-order valence-corrected chi connectivity index (χ1v) is 10.1. The van der Waals surface area contributed by atoms with Crippen molar-refractivity contribution in [3.8, 4) is 0 Å². The van der Waals surface area contributed by atoms with Gasteiger partial charge in [0.15, 0.2) is 0 Å². The predicted molar refractivity (Wildman–Crippen MR) is 33.0 cm³/mol. The summed E-state index contributed by atoms with van der Waals surface area (Å²) in [5, 5.41) is 0. The number of halogens is 2. The molecule has 0 aliphatic carbocycles. The van der Waals surface area contributed by atoms with Gasteiger partial charge in [0.1, 0.15) is 0 Å². The number of rotatable bonds is 2. The Morgan fingerprint density at radius 3 is 1.62 bits per heavy atom. The molecule has 48 valence electrons. The zero-order chi connectivity index (χ0) is 6.57. The topological polar surface area (TPSA) is 3.01 Å². The molecule has 0 unspecified atom stereocenters. The van der Waals surface area contributed by atoms with Gasteiger partial charge in [-0.1, -0.05) is 0 Å². The molecule has 1 nitrogen and oxygen atoms in total. The van der Waals surface area contributed by atoms with Gasteiger partial charge in [-0.15, -0.1) is 0 Å². The fraction of sp³-hybridized carbons (Fsp3) is 1.00. The van der Waals surface area contributed by atoms with Crippen molar-refractivity contribution in [2.75, 3.05) is 13.1 Å². The third-order valence-electron chi connectivity index (χ3n) is 1.00. The molecule has 0 saturated heterocycles. The Balaban J connectivity index is 3.86. The molecular formula is C4H10Cl2NZr+. The van der Waals surface area contributed by atoms with Crippen LogP contribution in [0.1, 0.15) is 13.8 Å². The van der Waals surface area contributed by atoms with Crippen LogP contribution < -0.4 is 0 Å². The monoisotopic (exact) mass is 232 g/mol. The summed E-state index contributed by atoms with van der Waals surface area (Å²) in [6, 6.07) is 0. The van der Waals surface area contributed by atoms with Crippen LogP contribution in [0, 0.1) is 0 Å². The summed E-state index contributed by atoms with van der Waals surface area (Å²) >= 11 is -1.99. The first-order valence-electron chi connectivity index (χ1n) is 2.65. The van der Waals surface area contributed by atoms with E-state index in [0.717, 1.165) is 13.1 Å². The summed E-state index contributed by atoms with van der Waals surface area (Å²) in [4.78, 5) is 0. The fourth-order valence-corrected chi connectivity index (χ4v) is 4.47. The van der Waals surface area contributed by atoms with Gasteiger partial charge in [0.05, 0.1) is 0 Å². The average molecular weight is 234 g/mol. The van der Waals surface area contributed by atoms with E-state index >= 15 is 0 Å². The normalized spacial score (nSPS) is 9.00. The molecule has 8 heavy (non-hydrogen) atoms. The van der Waals surface area contributed by atoms with Gasteiger partial charge in [-0.2, -0.15) is 0 Å². The Morgan fingerprint density at radius 1 is 1.25 bits per heavy atom. The minimum absolute atomic E-state index is 0.998. The molecule has 0 fully saturated rings. The maximum absolute atomic E-state index is 5.73. The Bertz CT molecular complexity index is 92.2. The van der Waals surface area contributed by atoms with Gasteiger partial charge in [0, 0.05) is 0 Å². The second kappa shape index (κ2) is 5.08. The number of nitrogens with zero attached hydrogens (tertiary/aromatic N) is 1. The molecule has 0 aromatic rings. The zero-order valence-corrected chi connectivity index (χ0v) is 9.09. The van der Waals surface area contributed by atoms with Crippen molar-refractivity contribution in [2.45, 2.75) is 13.8 Å². The minimum atomic E-state index is -1.99. The third kappa shape index (κ3) is 3.32. The predicted octanol–water partition coefficient (Wildman–Crippen LogP) is 2.15. The fourth-order valence-electron chi connectivity index (χ4n) is 0.463. The van der Waals surface area contributed by atoms with E-state index in [1.54, 1.807) is 0 Å². The van der Waals surface area contributed by atoms with E-state index in [2.05, 4.69) is 16.3 Å².